The highest BCUT2D eigenvalue weighted by Gasteiger charge is 2.36. The number of H-pyrrole nitrogens is 1. The van der Waals surface area contributed by atoms with Crippen molar-refractivity contribution in [3.8, 4) is 11.5 Å². The van der Waals surface area contributed by atoms with E-state index in [4.69, 9.17) is 9.47 Å². The lowest BCUT2D eigenvalue weighted by Gasteiger charge is -2.20. The van der Waals surface area contributed by atoms with Crippen molar-refractivity contribution in [2.75, 3.05) is 32.2 Å². The Morgan fingerprint density at radius 1 is 1.23 bits per heavy atom. The van der Waals surface area contributed by atoms with Crippen LogP contribution in [0.15, 0.2) is 42.5 Å². The zero-order chi connectivity index (χ0) is 21.1. The Balaban J connectivity index is 1.36. The third kappa shape index (κ3) is 3.94. The first kappa shape index (κ1) is 19.8. The van der Waals surface area contributed by atoms with Crippen LogP contribution in [0.1, 0.15) is 12.2 Å². The molecule has 30 heavy (non-hydrogen) atoms. The first-order chi connectivity index (χ1) is 14.6. The summed E-state index contributed by atoms with van der Waals surface area (Å²) >= 11 is 0. The number of fused-ring (bicyclic) bond motifs is 1. The average molecular weight is 408 g/mol. The van der Waals surface area contributed by atoms with E-state index in [0.717, 1.165) is 16.9 Å². The number of imidazole rings is 1. The maximum Gasteiger partial charge on any atom is 0.227 e. The molecule has 4 rings (SSSR count). The van der Waals surface area contributed by atoms with E-state index in [-0.39, 0.29) is 18.2 Å². The number of aromatic amines is 1. The Morgan fingerprint density at radius 2 is 2.07 bits per heavy atom. The number of nitrogens with one attached hydrogen (secondary N) is 2. The fourth-order valence-corrected chi connectivity index (χ4v) is 3.70. The van der Waals surface area contributed by atoms with Gasteiger partial charge in [0.15, 0.2) is 0 Å². The number of methoxy groups -OCH3 is 2. The number of ether oxygens (including phenoxy) is 2. The molecule has 0 bridgehead atoms. The number of aromatic nitrogens is 2. The molecule has 2 N–H and O–H groups in total. The summed E-state index contributed by atoms with van der Waals surface area (Å²) in [6, 6.07) is 13.1. The summed E-state index contributed by atoms with van der Waals surface area (Å²) in [6.45, 7) is 0.771. The van der Waals surface area contributed by atoms with Crippen LogP contribution in [0.25, 0.3) is 11.0 Å². The number of amides is 2. The molecule has 2 heterocycles. The minimum Gasteiger partial charge on any atom is -0.497 e. The first-order valence-electron chi connectivity index (χ1n) is 9.82. The molecule has 1 aliphatic heterocycles. The van der Waals surface area contributed by atoms with Crippen molar-refractivity contribution in [3.05, 3.63) is 48.3 Å². The fourth-order valence-electron chi connectivity index (χ4n) is 3.70. The molecule has 8 heteroatoms. The minimum atomic E-state index is -0.403. The van der Waals surface area contributed by atoms with E-state index >= 15 is 0 Å². The van der Waals surface area contributed by atoms with E-state index < -0.39 is 5.92 Å². The standard InChI is InChI=1S/C22H24N4O4/c1-29-15-7-8-18(19(12-15)30-2)26-13-14(11-21(26)27)22(28)23-10-9-20-24-16-5-3-4-6-17(16)25-20/h3-8,12,14H,9-11,13H2,1-2H3,(H,23,28)(H,24,25)/t14-/m1/s1. The molecule has 2 aromatic carbocycles. The maximum absolute atomic E-state index is 12.6. The summed E-state index contributed by atoms with van der Waals surface area (Å²) in [7, 11) is 3.11. The number of hydrogen-bond acceptors (Lipinski definition) is 5. The van der Waals surface area contributed by atoms with E-state index in [1.54, 1.807) is 37.3 Å². The normalized spacial score (nSPS) is 16.1. The van der Waals surface area contributed by atoms with Crippen LogP contribution in [-0.4, -0.2) is 49.1 Å². The van der Waals surface area contributed by atoms with Gasteiger partial charge in [0.05, 0.1) is 36.9 Å². The monoisotopic (exact) mass is 408 g/mol. The number of nitrogens with zero attached hydrogens (tertiary/aromatic N) is 2. The van der Waals surface area contributed by atoms with Crippen molar-refractivity contribution < 1.29 is 19.1 Å². The molecular formula is C22H24N4O4. The quantitative estimate of drug-likeness (QED) is 0.625. The van der Waals surface area contributed by atoms with Crippen LogP contribution in [0.2, 0.25) is 0 Å². The van der Waals surface area contributed by atoms with Crippen LogP contribution in [0.5, 0.6) is 11.5 Å². The Labute approximate surface area is 174 Å². The van der Waals surface area contributed by atoms with Gasteiger partial charge in [0.2, 0.25) is 11.8 Å². The van der Waals surface area contributed by atoms with E-state index in [0.29, 0.717) is 36.7 Å². The second-order valence-corrected chi connectivity index (χ2v) is 7.18. The number of carbonyl (C=O) groups excluding carboxylic acids is 2. The molecular weight excluding hydrogens is 384 g/mol. The Hall–Kier alpha value is -3.55. The van der Waals surface area contributed by atoms with Gasteiger partial charge in [-0.15, -0.1) is 0 Å². The Morgan fingerprint density at radius 3 is 2.83 bits per heavy atom. The maximum atomic E-state index is 12.6. The van der Waals surface area contributed by atoms with Crippen molar-refractivity contribution in [2.45, 2.75) is 12.8 Å². The van der Waals surface area contributed by atoms with Crippen molar-refractivity contribution in [3.63, 3.8) is 0 Å². The molecule has 0 radical (unpaired) electrons. The van der Waals surface area contributed by atoms with Crippen LogP contribution >= 0.6 is 0 Å². The fraction of sp³-hybridized carbons (Fsp3) is 0.318. The lowest BCUT2D eigenvalue weighted by Crippen LogP contribution is -2.34. The van der Waals surface area contributed by atoms with Gasteiger partial charge in [-0.25, -0.2) is 4.98 Å². The van der Waals surface area contributed by atoms with Crippen LogP contribution in [0.3, 0.4) is 0 Å². The molecule has 8 nitrogen and oxygen atoms in total. The summed E-state index contributed by atoms with van der Waals surface area (Å²) in [5.74, 6) is 1.37. The number of para-hydroxylation sites is 2. The molecule has 156 valence electrons. The summed E-state index contributed by atoms with van der Waals surface area (Å²) in [5.41, 5.74) is 2.52. The van der Waals surface area contributed by atoms with E-state index in [1.807, 2.05) is 24.3 Å². The molecule has 2 amide bonds. The van der Waals surface area contributed by atoms with E-state index in [2.05, 4.69) is 15.3 Å². The van der Waals surface area contributed by atoms with Gasteiger partial charge in [0.1, 0.15) is 17.3 Å². The Kier molecular flexibility index (Phi) is 5.56. The molecule has 0 aliphatic carbocycles. The van der Waals surface area contributed by atoms with Gasteiger partial charge < -0.3 is 24.7 Å². The molecule has 0 unspecified atom stereocenters. The number of hydrogen-bond donors (Lipinski definition) is 2. The number of rotatable bonds is 7. The van der Waals surface area contributed by atoms with Crippen molar-refractivity contribution in [1.29, 1.82) is 0 Å². The predicted molar refractivity (Wildman–Crippen MR) is 113 cm³/mol. The number of carbonyl (C=O) groups is 2. The molecule has 0 saturated carbocycles. The summed E-state index contributed by atoms with van der Waals surface area (Å²) < 4.78 is 10.6. The molecule has 1 aliphatic rings. The molecule has 1 atom stereocenters. The molecule has 1 aromatic heterocycles. The highest BCUT2D eigenvalue weighted by molar-refractivity contribution is 6.01. The van der Waals surface area contributed by atoms with Gasteiger partial charge in [-0.2, -0.15) is 0 Å². The predicted octanol–water partition coefficient (Wildman–Crippen LogP) is 2.29. The third-order valence-corrected chi connectivity index (χ3v) is 5.27. The molecule has 1 fully saturated rings. The molecule has 0 spiro atoms. The number of benzene rings is 2. The van der Waals surface area contributed by atoms with Crippen molar-refractivity contribution in [2.24, 2.45) is 5.92 Å². The van der Waals surface area contributed by atoms with Crippen LogP contribution in [0.4, 0.5) is 5.69 Å². The van der Waals surface area contributed by atoms with Crippen LogP contribution in [0, 0.1) is 5.92 Å². The smallest absolute Gasteiger partial charge is 0.227 e. The second-order valence-electron chi connectivity index (χ2n) is 7.18. The van der Waals surface area contributed by atoms with Gasteiger partial charge in [-0.1, -0.05) is 12.1 Å². The van der Waals surface area contributed by atoms with Crippen LogP contribution in [-0.2, 0) is 16.0 Å². The van der Waals surface area contributed by atoms with Gasteiger partial charge in [0, 0.05) is 32.0 Å². The zero-order valence-corrected chi connectivity index (χ0v) is 17.0. The molecule has 1 saturated heterocycles. The zero-order valence-electron chi connectivity index (χ0n) is 17.0. The number of anilines is 1. The third-order valence-electron chi connectivity index (χ3n) is 5.27. The highest BCUT2D eigenvalue weighted by atomic mass is 16.5. The van der Waals surface area contributed by atoms with Crippen LogP contribution < -0.4 is 19.7 Å². The topological polar surface area (TPSA) is 96.5 Å². The van der Waals surface area contributed by atoms with E-state index in [9.17, 15) is 9.59 Å². The first-order valence-corrected chi connectivity index (χ1v) is 9.82. The van der Waals surface area contributed by atoms with Gasteiger partial charge >= 0.3 is 0 Å². The lowest BCUT2D eigenvalue weighted by atomic mass is 10.1. The Bertz CT molecular complexity index is 1040. The summed E-state index contributed by atoms with van der Waals surface area (Å²) in [6.07, 6.45) is 0.767. The average Bonchev–Trinajstić information content (AvgIpc) is 3.36. The molecule has 3 aromatic rings. The van der Waals surface area contributed by atoms with E-state index in [1.165, 1.54) is 0 Å². The van der Waals surface area contributed by atoms with Crippen molar-refractivity contribution >= 4 is 28.5 Å². The minimum absolute atomic E-state index is 0.101. The lowest BCUT2D eigenvalue weighted by molar-refractivity contribution is -0.126. The summed E-state index contributed by atoms with van der Waals surface area (Å²) in [5, 5.41) is 2.93. The highest BCUT2D eigenvalue weighted by Crippen LogP contribution is 2.35. The summed E-state index contributed by atoms with van der Waals surface area (Å²) in [4.78, 5) is 34.5. The SMILES string of the molecule is COc1ccc(N2C[C@H](C(=O)NCCc3nc4ccccc4[nH]3)CC2=O)c(OC)c1. The second kappa shape index (κ2) is 8.44. The van der Waals surface area contributed by atoms with Gasteiger partial charge in [-0.05, 0) is 24.3 Å². The van der Waals surface area contributed by atoms with Gasteiger partial charge in [-0.3, -0.25) is 9.59 Å². The van der Waals surface area contributed by atoms with Crippen molar-refractivity contribution in [1.82, 2.24) is 15.3 Å². The largest absolute Gasteiger partial charge is 0.497 e. The van der Waals surface area contributed by atoms with Gasteiger partial charge in [0.25, 0.3) is 0 Å².